The number of halogens is 2. The van der Waals surface area contributed by atoms with Crippen molar-refractivity contribution in [2.45, 2.75) is 50.7 Å². The predicted octanol–water partition coefficient (Wildman–Crippen LogP) is 4.41. The Hall–Kier alpha value is -2.58. The summed E-state index contributed by atoms with van der Waals surface area (Å²) < 4.78 is 28.2. The lowest BCUT2D eigenvalue weighted by atomic mass is 9.95. The van der Waals surface area contributed by atoms with Crippen molar-refractivity contribution in [2.24, 2.45) is 5.92 Å². The lowest BCUT2D eigenvalue weighted by Gasteiger charge is -2.22. The monoisotopic (exact) mass is 463 g/mol. The minimum Gasteiger partial charge on any atom is -0.477 e. The van der Waals surface area contributed by atoms with E-state index in [1.54, 1.807) is 6.07 Å². The summed E-state index contributed by atoms with van der Waals surface area (Å²) in [6.45, 7) is 2.03. The minimum absolute atomic E-state index is 0.109. The highest BCUT2D eigenvalue weighted by Gasteiger charge is 2.52. The highest BCUT2D eigenvalue weighted by Crippen LogP contribution is 2.34. The number of hydrogen-bond acceptors (Lipinski definition) is 4. The normalized spacial score (nSPS) is 20.1. The summed E-state index contributed by atoms with van der Waals surface area (Å²) in [7, 11) is 0. The molecule has 1 amide bonds. The summed E-state index contributed by atoms with van der Waals surface area (Å²) in [6.07, 6.45) is 3.19. The third kappa shape index (κ3) is 6.01. The molecule has 5 nitrogen and oxygen atoms in total. The molecule has 2 heterocycles. The highest BCUT2D eigenvalue weighted by molar-refractivity contribution is 7.13. The van der Waals surface area contributed by atoms with E-state index >= 15 is 0 Å². The summed E-state index contributed by atoms with van der Waals surface area (Å²) in [5.41, 5.74) is 1.08. The quantitative estimate of drug-likeness (QED) is 0.512. The fourth-order valence-electron chi connectivity index (χ4n) is 3.85. The number of thiophene rings is 1. The lowest BCUT2D eigenvalue weighted by molar-refractivity contribution is -0.148. The van der Waals surface area contributed by atoms with Crippen LogP contribution in [0.2, 0.25) is 0 Å². The van der Waals surface area contributed by atoms with Gasteiger partial charge in [-0.25, -0.2) is 4.79 Å². The molecule has 32 heavy (non-hydrogen) atoms. The minimum atomic E-state index is -3.42. The number of hydrogen-bond donors (Lipinski definition) is 2. The van der Waals surface area contributed by atoms with E-state index in [4.69, 9.17) is 5.11 Å². The number of aliphatic hydroxyl groups is 1. The zero-order chi connectivity index (χ0) is 23.3. The van der Waals surface area contributed by atoms with Crippen molar-refractivity contribution in [3.05, 3.63) is 69.9 Å². The molecule has 0 unspecified atom stereocenters. The average Bonchev–Trinajstić information content (AvgIpc) is 3.31. The van der Waals surface area contributed by atoms with Crippen LogP contribution >= 0.6 is 11.3 Å². The number of carboxylic acid groups (broad SMARTS) is 1. The number of carbonyl (C=O) groups excluding carboxylic acids is 1. The van der Waals surface area contributed by atoms with Gasteiger partial charge < -0.3 is 15.1 Å². The molecule has 2 aromatic rings. The van der Waals surface area contributed by atoms with Gasteiger partial charge in [-0.2, -0.15) is 8.78 Å². The van der Waals surface area contributed by atoms with Crippen LogP contribution < -0.4 is 0 Å². The number of likely N-dealkylation sites (tertiary alicyclic amines) is 1. The molecular weight excluding hydrogens is 436 g/mol. The number of aliphatic hydroxyl groups excluding tert-OH is 1. The van der Waals surface area contributed by atoms with Crippen molar-refractivity contribution < 1.29 is 28.6 Å². The molecule has 0 radical (unpaired) electrons. The maximum absolute atomic E-state index is 14.1. The summed E-state index contributed by atoms with van der Waals surface area (Å²) in [6, 6.07) is 12.1. The van der Waals surface area contributed by atoms with Crippen molar-refractivity contribution in [3.8, 4) is 0 Å². The number of benzene rings is 1. The molecule has 1 fully saturated rings. The number of aryl methyl sites for hydroxylation is 1. The first kappa shape index (κ1) is 24.1. The zero-order valence-electron chi connectivity index (χ0n) is 17.8. The molecule has 3 rings (SSSR count). The van der Waals surface area contributed by atoms with Crippen LogP contribution in [0.4, 0.5) is 8.78 Å². The van der Waals surface area contributed by atoms with Gasteiger partial charge in [0.1, 0.15) is 4.88 Å². The molecule has 1 saturated heterocycles. The Labute approximate surface area is 190 Å². The van der Waals surface area contributed by atoms with Gasteiger partial charge in [0.2, 0.25) is 0 Å². The van der Waals surface area contributed by atoms with Gasteiger partial charge in [-0.15, -0.1) is 11.3 Å². The van der Waals surface area contributed by atoms with E-state index in [9.17, 15) is 23.5 Å². The van der Waals surface area contributed by atoms with Gasteiger partial charge in [-0.1, -0.05) is 49.4 Å². The zero-order valence-corrected chi connectivity index (χ0v) is 18.6. The fraction of sp³-hybridized carbons (Fsp3) is 0.417. The Bertz CT molecular complexity index is 960. The second kappa shape index (κ2) is 10.4. The van der Waals surface area contributed by atoms with Gasteiger partial charge in [-0.05, 0) is 42.9 Å². The van der Waals surface area contributed by atoms with E-state index in [1.807, 2.05) is 37.3 Å². The van der Waals surface area contributed by atoms with Gasteiger partial charge in [0.05, 0.1) is 12.1 Å². The van der Waals surface area contributed by atoms with E-state index < -0.39 is 36.4 Å². The molecular formula is C24H27F2NO4S. The molecule has 0 bridgehead atoms. The van der Waals surface area contributed by atoms with Crippen LogP contribution in [0.25, 0.3) is 0 Å². The van der Waals surface area contributed by atoms with Crippen LogP contribution in [-0.2, 0) is 17.6 Å². The van der Waals surface area contributed by atoms with Crippen molar-refractivity contribution in [3.63, 3.8) is 0 Å². The van der Waals surface area contributed by atoms with E-state index in [-0.39, 0.29) is 17.3 Å². The Balaban J connectivity index is 1.59. The SMILES string of the molecule is C[C@H](Cc1ccccc1)[C@@H](O)C=C[C@H]1CC(F)(F)C(=O)N1CCCc1ccc(C(=O)O)s1. The highest BCUT2D eigenvalue weighted by atomic mass is 32.1. The van der Waals surface area contributed by atoms with Crippen molar-refractivity contribution >= 4 is 23.2 Å². The Morgan fingerprint density at radius 2 is 2.00 bits per heavy atom. The van der Waals surface area contributed by atoms with Crippen LogP contribution in [0.5, 0.6) is 0 Å². The molecule has 0 saturated carbocycles. The molecule has 8 heteroatoms. The molecule has 1 aromatic carbocycles. The van der Waals surface area contributed by atoms with E-state index in [0.717, 1.165) is 26.7 Å². The maximum atomic E-state index is 14.1. The summed E-state index contributed by atoms with van der Waals surface area (Å²) >= 11 is 1.14. The first-order valence-corrected chi connectivity index (χ1v) is 11.4. The largest absolute Gasteiger partial charge is 0.477 e. The van der Waals surface area contributed by atoms with Gasteiger partial charge >= 0.3 is 11.9 Å². The molecule has 2 N–H and O–H groups in total. The van der Waals surface area contributed by atoms with Crippen molar-refractivity contribution in [2.75, 3.05) is 6.54 Å². The predicted molar refractivity (Wildman–Crippen MR) is 119 cm³/mol. The first-order valence-electron chi connectivity index (χ1n) is 10.6. The van der Waals surface area contributed by atoms with Crippen LogP contribution in [-0.4, -0.2) is 51.6 Å². The third-order valence-electron chi connectivity index (χ3n) is 5.65. The molecule has 1 aromatic heterocycles. The summed E-state index contributed by atoms with van der Waals surface area (Å²) in [5.74, 6) is -5.73. The number of carbonyl (C=O) groups is 2. The smallest absolute Gasteiger partial charge is 0.345 e. The number of alkyl halides is 2. The fourth-order valence-corrected chi connectivity index (χ4v) is 4.74. The van der Waals surface area contributed by atoms with Crippen LogP contribution in [0, 0.1) is 5.92 Å². The molecule has 1 aliphatic heterocycles. The second-order valence-corrected chi connectivity index (χ2v) is 9.36. The number of amides is 1. The van der Waals surface area contributed by atoms with E-state index in [1.165, 1.54) is 18.2 Å². The van der Waals surface area contributed by atoms with Gasteiger partial charge in [0, 0.05) is 17.8 Å². The third-order valence-corrected chi connectivity index (χ3v) is 6.78. The Morgan fingerprint density at radius 1 is 1.28 bits per heavy atom. The molecule has 0 aliphatic carbocycles. The number of nitrogens with zero attached hydrogens (tertiary/aromatic N) is 1. The van der Waals surface area contributed by atoms with E-state index in [0.29, 0.717) is 19.3 Å². The summed E-state index contributed by atoms with van der Waals surface area (Å²) in [4.78, 5) is 25.4. The molecule has 0 spiro atoms. The first-order chi connectivity index (χ1) is 15.2. The second-order valence-electron chi connectivity index (χ2n) is 8.19. The standard InChI is InChI=1S/C24H27F2NO4S/c1-16(14-17-6-3-2-4-7-17)20(28)11-9-18-15-24(25,26)23(31)27(18)13-5-8-19-10-12-21(32-19)22(29)30/h2-4,6-7,9-12,16,18,20,28H,5,8,13-15H2,1H3,(H,29,30)/t16-,18+,20+/m1/s1. The molecule has 1 aliphatic rings. The van der Waals surface area contributed by atoms with Gasteiger partial charge in [0.15, 0.2) is 0 Å². The van der Waals surface area contributed by atoms with Crippen molar-refractivity contribution in [1.82, 2.24) is 4.90 Å². The van der Waals surface area contributed by atoms with Crippen LogP contribution in [0.3, 0.4) is 0 Å². The lowest BCUT2D eigenvalue weighted by Crippen LogP contribution is -2.37. The topological polar surface area (TPSA) is 77.8 Å². The average molecular weight is 464 g/mol. The number of carboxylic acids is 1. The Morgan fingerprint density at radius 3 is 2.66 bits per heavy atom. The van der Waals surface area contributed by atoms with Crippen LogP contribution in [0.1, 0.15) is 39.9 Å². The van der Waals surface area contributed by atoms with Gasteiger partial charge in [-0.3, -0.25) is 4.79 Å². The van der Waals surface area contributed by atoms with Gasteiger partial charge in [0.25, 0.3) is 5.91 Å². The van der Waals surface area contributed by atoms with E-state index in [2.05, 4.69) is 0 Å². The number of rotatable bonds is 10. The number of aromatic carboxylic acids is 1. The van der Waals surface area contributed by atoms with Crippen molar-refractivity contribution in [1.29, 1.82) is 0 Å². The van der Waals surface area contributed by atoms with Crippen LogP contribution in [0.15, 0.2) is 54.6 Å². The maximum Gasteiger partial charge on any atom is 0.345 e. The molecule has 3 atom stereocenters. The Kier molecular flexibility index (Phi) is 7.79. The summed E-state index contributed by atoms with van der Waals surface area (Å²) in [5, 5.41) is 19.5. The molecule has 172 valence electrons.